The highest BCUT2D eigenvalue weighted by Gasteiger charge is 2.16. The number of aliphatic hydroxyl groups is 1. The van der Waals surface area contributed by atoms with Gasteiger partial charge in [-0.25, -0.2) is 0 Å². The molecular weight excluding hydrogens is 564 g/mol. The average molecular weight is 609 g/mol. The zero-order valence-electron chi connectivity index (χ0n) is 23.6. The highest BCUT2D eigenvalue weighted by molar-refractivity contribution is 5.83. The zero-order chi connectivity index (χ0) is 34.2. The van der Waals surface area contributed by atoms with Crippen LogP contribution in [0.5, 0.6) is 0 Å². The summed E-state index contributed by atoms with van der Waals surface area (Å²) in [7, 11) is 0. The summed E-state index contributed by atoms with van der Waals surface area (Å²) in [5.74, 6) is -5.94. The highest BCUT2D eigenvalue weighted by atomic mass is 16.4. The highest BCUT2D eigenvalue weighted by Crippen LogP contribution is 2.01. The quantitative estimate of drug-likeness (QED) is 0.117. The molecule has 0 aliphatic carbocycles. The molecule has 1 rings (SSSR count). The summed E-state index contributed by atoms with van der Waals surface area (Å²) < 4.78 is 0. The van der Waals surface area contributed by atoms with Crippen LogP contribution in [0.25, 0.3) is 0 Å². The second-order valence-electron chi connectivity index (χ2n) is 8.56. The summed E-state index contributed by atoms with van der Waals surface area (Å²) in [4.78, 5) is 59.4. The number of hydrogen-bond donors (Lipinski definition) is 12. The molecule has 242 valence electrons. The van der Waals surface area contributed by atoms with Gasteiger partial charge in [-0.15, -0.1) is 0 Å². The molecule has 0 aromatic heterocycles. The van der Waals surface area contributed by atoms with Gasteiger partial charge in [0.1, 0.15) is 24.2 Å². The number of carboxylic acids is 5. The Morgan fingerprint density at radius 1 is 0.690 bits per heavy atom. The molecule has 0 saturated heterocycles. The number of primary amides is 1. The van der Waals surface area contributed by atoms with E-state index in [2.05, 4.69) is 11.5 Å². The molecule has 0 aliphatic heterocycles. The van der Waals surface area contributed by atoms with Crippen molar-refractivity contribution in [3.63, 3.8) is 0 Å². The first-order chi connectivity index (χ1) is 19.1. The Labute approximate surface area is 242 Å². The molecule has 42 heavy (non-hydrogen) atoms. The lowest BCUT2D eigenvalue weighted by Crippen LogP contribution is -2.39. The predicted molar refractivity (Wildman–Crippen MR) is 150 cm³/mol. The summed E-state index contributed by atoms with van der Waals surface area (Å²) in [6, 6.07) is 5.51. The third-order valence-electron chi connectivity index (χ3n) is 4.34. The molecule has 1 amide bonds. The van der Waals surface area contributed by atoms with E-state index in [4.69, 9.17) is 53.6 Å². The van der Waals surface area contributed by atoms with Crippen LogP contribution in [0.4, 0.5) is 0 Å². The molecule has 5 unspecified atom stereocenters. The largest absolute Gasteiger partial charge is 0.480 e. The summed E-state index contributed by atoms with van der Waals surface area (Å²) >= 11 is 0. The van der Waals surface area contributed by atoms with Crippen LogP contribution in [-0.4, -0.2) is 103 Å². The minimum atomic E-state index is -1.21. The van der Waals surface area contributed by atoms with Gasteiger partial charge >= 0.3 is 29.8 Å². The summed E-state index contributed by atoms with van der Waals surface area (Å²) in [5.41, 5.74) is 30.5. The van der Waals surface area contributed by atoms with Gasteiger partial charge in [0.15, 0.2) is 0 Å². The smallest absolute Gasteiger partial charge is 0.323 e. The van der Waals surface area contributed by atoms with Crippen molar-refractivity contribution >= 4 is 35.8 Å². The third-order valence-corrected chi connectivity index (χ3v) is 4.34. The Morgan fingerprint density at radius 2 is 1.07 bits per heavy atom. The standard InChI is InChI=1S/C9H11NO2.C5H11NO2.C4H8N2O3.C4H9NO3.C2H5NO2/c10-8(9(11)12)6-7-4-2-1-3-5-7;1-3(2)4(6)5(7)8;5-2(4(8)9)1-3(6)7;1-2(6)3(5)4(7)8;3-1-2(4)5/h1-5,8H,6,10H2,(H,11,12);3-4H,6H2,1-2H3,(H,7,8);2H,1,5H2,(H2,6,7)(H,8,9);2-3,6H,5H2,1H3,(H,7,8);1,3H2,(H,4,5). The van der Waals surface area contributed by atoms with Gasteiger partial charge in [0, 0.05) is 0 Å². The van der Waals surface area contributed by atoms with Gasteiger partial charge in [0.2, 0.25) is 5.91 Å². The topological polar surface area (TPSA) is 380 Å². The Hall–Kier alpha value is -4.20. The van der Waals surface area contributed by atoms with Crippen LogP contribution in [-0.2, 0) is 35.2 Å². The normalized spacial score (nSPS) is 13.1. The van der Waals surface area contributed by atoms with Gasteiger partial charge in [-0.1, -0.05) is 44.2 Å². The number of benzene rings is 1. The first-order valence-electron chi connectivity index (χ1n) is 12.0. The Kier molecular flexibility index (Phi) is 27.5. The third kappa shape index (κ3) is 30.3. The van der Waals surface area contributed by atoms with Gasteiger partial charge in [-0.3, -0.25) is 28.8 Å². The van der Waals surface area contributed by atoms with Crippen molar-refractivity contribution in [1.29, 1.82) is 0 Å². The maximum absolute atomic E-state index is 10.4. The molecule has 0 radical (unpaired) electrons. The Bertz CT molecular complexity index is 923. The van der Waals surface area contributed by atoms with E-state index < -0.39 is 66.0 Å². The fourth-order valence-corrected chi connectivity index (χ4v) is 1.75. The van der Waals surface area contributed by atoms with Crippen LogP contribution >= 0.6 is 0 Å². The summed E-state index contributed by atoms with van der Waals surface area (Å²) in [6.45, 7) is 4.61. The lowest BCUT2D eigenvalue weighted by Gasteiger charge is -2.07. The van der Waals surface area contributed by atoms with E-state index in [1.807, 2.05) is 30.3 Å². The number of nitrogens with two attached hydrogens (primary N) is 6. The van der Waals surface area contributed by atoms with E-state index in [0.29, 0.717) is 6.42 Å². The van der Waals surface area contributed by atoms with E-state index in [1.165, 1.54) is 6.92 Å². The van der Waals surface area contributed by atoms with Crippen LogP contribution in [0.15, 0.2) is 30.3 Å². The predicted octanol–water partition coefficient (Wildman–Crippen LogP) is -3.22. The monoisotopic (exact) mass is 608 g/mol. The van der Waals surface area contributed by atoms with E-state index in [9.17, 15) is 28.8 Å². The minimum absolute atomic E-state index is 0.0208. The molecular formula is C24H44N6O12. The number of amides is 1. The summed E-state index contributed by atoms with van der Waals surface area (Å²) in [5, 5.41) is 49.0. The molecule has 5 atom stereocenters. The summed E-state index contributed by atoms with van der Waals surface area (Å²) in [6.07, 6.45) is -0.904. The van der Waals surface area contributed by atoms with Crippen LogP contribution in [0.1, 0.15) is 32.8 Å². The first kappa shape index (κ1) is 44.8. The van der Waals surface area contributed by atoms with Gasteiger partial charge in [0.05, 0.1) is 19.1 Å². The molecule has 18 N–H and O–H groups in total. The van der Waals surface area contributed by atoms with Crippen LogP contribution in [0.3, 0.4) is 0 Å². The molecule has 18 nitrogen and oxygen atoms in total. The van der Waals surface area contributed by atoms with E-state index in [1.54, 1.807) is 13.8 Å². The molecule has 0 fully saturated rings. The maximum Gasteiger partial charge on any atom is 0.323 e. The molecule has 0 heterocycles. The number of carboxylic acid groups (broad SMARTS) is 5. The van der Waals surface area contributed by atoms with Crippen molar-refractivity contribution in [2.75, 3.05) is 6.54 Å². The van der Waals surface area contributed by atoms with Crippen molar-refractivity contribution in [2.45, 2.75) is 63.9 Å². The van der Waals surface area contributed by atoms with Crippen molar-refractivity contribution in [2.24, 2.45) is 40.3 Å². The number of carbonyl (C=O) groups excluding carboxylic acids is 1. The molecule has 0 saturated carbocycles. The van der Waals surface area contributed by atoms with E-state index >= 15 is 0 Å². The fourth-order valence-electron chi connectivity index (χ4n) is 1.75. The van der Waals surface area contributed by atoms with Gasteiger partial charge in [0.25, 0.3) is 0 Å². The number of hydrogen-bond acceptors (Lipinski definition) is 12. The van der Waals surface area contributed by atoms with Gasteiger partial charge in [-0.05, 0) is 24.8 Å². The Morgan fingerprint density at radius 3 is 1.24 bits per heavy atom. The molecule has 1 aromatic rings. The van der Waals surface area contributed by atoms with Gasteiger partial charge < -0.3 is 65.0 Å². The molecule has 0 aliphatic rings. The minimum Gasteiger partial charge on any atom is -0.480 e. The van der Waals surface area contributed by atoms with Crippen molar-refractivity contribution in [3.05, 3.63) is 35.9 Å². The number of carbonyl (C=O) groups is 6. The number of aliphatic hydroxyl groups excluding tert-OH is 1. The number of rotatable bonds is 11. The molecule has 0 bridgehead atoms. The zero-order valence-corrected chi connectivity index (χ0v) is 23.6. The lowest BCUT2D eigenvalue weighted by atomic mass is 10.1. The van der Waals surface area contributed by atoms with Gasteiger partial charge in [-0.2, -0.15) is 0 Å². The molecule has 1 aromatic carbocycles. The molecule has 18 heteroatoms. The van der Waals surface area contributed by atoms with Crippen molar-refractivity contribution in [3.8, 4) is 0 Å². The lowest BCUT2D eigenvalue weighted by molar-refractivity contribution is -0.141. The van der Waals surface area contributed by atoms with Crippen LogP contribution < -0.4 is 34.4 Å². The molecule has 0 spiro atoms. The van der Waals surface area contributed by atoms with E-state index in [0.717, 1.165) is 5.56 Å². The SMILES string of the molecule is CC(C)C(N)C(=O)O.CC(O)C(N)C(=O)O.NC(=O)CC(N)C(=O)O.NC(Cc1ccccc1)C(=O)O.NCC(=O)O. The fraction of sp³-hybridized carbons (Fsp3) is 0.500. The van der Waals surface area contributed by atoms with Crippen molar-refractivity contribution in [1.82, 2.24) is 0 Å². The first-order valence-corrected chi connectivity index (χ1v) is 12.0. The maximum atomic E-state index is 10.4. The van der Waals surface area contributed by atoms with Crippen LogP contribution in [0.2, 0.25) is 0 Å². The number of aliphatic carboxylic acids is 5. The second-order valence-corrected chi connectivity index (χ2v) is 8.56. The van der Waals surface area contributed by atoms with E-state index in [-0.39, 0.29) is 18.9 Å². The average Bonchev–Trinajstić information content (AvgIpc) is 2.88. The van der Waals surface area contributed by atoms with Crippen LogP contribution in [0, 0.1) is 5.92 Å². The second kappa shape index (κ2) is 25.7. The van der Waals surface area contributed by atoms with Crippen molar-refractivity contribution < 1.29 is 59.4 Å². The Balaban J connectivity index is -0.000000221.